The van der Waals surface area contributed by atoms with E-state index in [0.717, 1.165) is 11.4 Å². The third kappa shape index (κ3) is 4.67. The van der Waals surface area contributed by atoms with E-state index in [4.69, 9.17) is 0 Å². The molecule has 1 N–H and O–H groups in total. The minimum Gasteiger partial charge on any atom is -0.354 e. The van der Waals surface area contributed by atoms with Crippen molar-refractivity contribution in [2.24, 2.45) is 0 Å². The molecule has 0 unspecified atom stereocenters. The van der Waals surface area contributed by atoms with E-state index in [0.29, 0.717) is 0 Å². The summed E-state index contributed by atoms with van der Waals surface area (Å²) in [5.74, 6) is 0. The molecule has 2 aliphatic heterocycles. The molecule has 2 aliphatic rings. The molecule has 0 fully saturated rings. The van der Waals surface area contributed by atoms with Crippen molar-refractivity contribution in [1.29, 1.82) is 0 Å². The summed E-state index contributed by atoms with van der Waals surface area (Å²) in [5.41, 5.74) is 11.0. The number of para-hydroxylation sites is 1. The van der Waals surface area contributed by atoms with Gasteiger partial charge in [0, 0.05) is 93.8 Å². The Balaban J connectivity index is 1.11. The molecular formula is C52H28BN2S4. The number of benzene rings is 9. The fraction of sp³-hybridized carbons (Fsp3) is 0. The van der Waals surface area contributed by atoms with Crippen LogP contribution in [0.2, 0.25) is 0 Å². The minimum absolute atomic E-state index is 1.12. The SMILES string of the molecule is [B]1c2c(cc3c(sc4ccccc43)c2-c2cc3c(cc2Nc2cccc4c2sc2ccccc24)Sc2ccccc2S3)-n2c3c1cccc3c1ccc3ccccc3c12. The standard InChI is InChI=1S/C52H28BN2S4/c1-2-12-29-28(11-1)23-24-33-32-15-9-17-37-50(32)55(49(29)33)40-25-35-31-14-4-6-20-42(31)59-52(35)47(48(40)53-37)36-26-45-46(57-44-22-8-7-21-43(44)56-45)27-39(36)54-38-18-10-16-34-30-13-3-5-19-41(30)58-51(34)38/h1-27,54H. The Labute approximate surface area is 356 Å². The predicted octanol–water partition coefficient (Wildman–Crippen LogP) is 14.7. The van der Waals surface area contributed by atoms with E-state index in [9.17, 15) is 0 Å². The summed E-state index contributed by atoms with van der Waals surface area (Å²) >= 11 is 7.56. The molecule has 3 aromatic heterocycles. The van der Waals surface area contributed by atoms with Crippen LogP contribution in [0.4, 0.5) is 11.4 Å². The van der Waals surface area contributed by atoms with Crippen molar-refractivity contribution in [3.8, 4) is 16.8 Å². The minimum atomic E-state index is 1.12. The van der Waals surface area contributed by atoms with E-state index in [-0.39, 0.29) is 0 Å². The number of thiophene rings is 2. The monoisotopic (exact) mass is 819 g/mol. The van der Waals surface area contributed by atoms with Gasteiger partial charge in [-0.25, -0.2) is 0 Å². The van der Waals surface area contributed by atoms with Crippen molar-refractivity contribution in [3.05, 3.63) is 164 Å². The van der Waals surface area contributed by atoms with E-state index >= 15 is 0 Å². The summed E-state index contributed by atoms with van der Waals surface area (Å²) in [6.07, 6.45) is 0. The Hall–Kier alpha value is -5.96. The van der Waals surface area contributed by atoms with Gasteiger partial charge in [-0.15, -0.1) is 22.7 Å². The summed E-state index contributed by atoms with van der Waals surface area (Å²) in [6, 6.07) is 61.0. The first-order valence-electron chi connectivity index (χ1n) is 19.8. The lowest BCUT2D eigenvalue weighted by Gasteiger charge is -2.27. The number of aromatic nitrogens is 1. The molecule has 0 spiro atoms. The van der Waals surface area contributed by atoms with Crippen LogP contribution < -0.4 is 16.2 Å². The highest BCUT2D eigenvalue weighted by molar-refractivity contribution is 8.05. The predicted molar refractivity (Wildman–Crippen MR) is 259 cm³/mol. The van der Waals surface area contributed by atoms with Gasteiger partial charge in [-0.05, 0) is 64.9 Å². The molecule has 0 aliphatic carbocycles. The van der Waals surface area contributed by atoms with E-state index in [1.54, 1.807) is 0 Å². The summed E-state index contributed by atoms with van der Waals surface area (Å²) in [4.78, 5) is 5.18. The molecule has 0 saturated heterocycles. The second kappa shape index (κ2) is 12.3. The highest BCUT2D eigenvalue weighted by Crippen LogP contribution is 2.53. The van der Waals surface area contributed by atoms with E-state index in [1.807, 2.05) is 46.2 Å². The number of fused-ring (bicyclic) bond motifs is 15. The van der Waals surface area contributed by atoms with Crippen LogP contribution in [0.3, 0.4) is 0 Å². The summed E-state index contributed by atoms with van der Waals surface area (Å²) in [5, 5.41) is 14.4. The van der Waals surface area contributed by atoms with Crippen molar-refractivity contribution in [1.82, 2.24) is 4.57 Å². The highest BCUT2D eigenvalue weighted by atomic mass is 32.2. The molecule has 273 valence electrons. The van der Waals surface area contributed by atoms with Gasteiger partial charge in [0.25, 0.3) is 0 Å². The number of nitrogens with one attached hydrogen (secondary N) is 1. The van der Waals surface area contributed by atoms with Gasteiger partial charge in [0.15, 0.2) is 7.28 Å². The molecule has 14 rings (SSSR count). The van der Waals surface area contributed by atoms with E-state index in [1.165, 1.54) is 120 Å². The third-order valence-electron chi connectivity index (χ3n) is 12.2. The van der Waals surface area contributed by atoms with Gasteiger partial charge in [0.1, 0.15) is 0 Å². The zero-order valence-corrected chi connectivity index (χ0v) is 34.5. The zero-order valence-electron chi connectivity index (χ0n) is 31.2. The zero-order chi connectivity index (χ0) is 38.3. The Morgan fingerprint density at radius 1 is 0.441 bits per heavy atom. The largest absolute Gasteiger partial charge is 0.354 e. The van der Waals surface area contributed by atoms with Gasteiger partial charge in [-0.1, -0.05) is 144 Å². The van der Waals surface area contributed by atoms with Crippen LogP contribution >= 0.6 is 46.2 Å². The van der Waals surface area contributed by atoms with Crippen LogP contribution in [0.25, 0.3) is 89.7 Å². The van der Waals surface area contributed by atoms with Crippen LogP contribution in [-0.4, -0.2) is 11.8 Å². The number of anilines is 2. The third-order valence-corrected chi connectivity index (χ3v) is 17.2. The number of nitrogens with zero attached hydrogens (tertiary/aromatic N) is 1. The molecule has 12 aromatic rings. The van der Waals surface area contributed by atoms with E-state index in [2.05, 4.69) is 181 Å². The second-order valence-corrected chi connectivity index (χ2v) is 19.7. The lowest BCUT2D eigenvalue weighted by atomic mass is 9.59. The number of hydrogen-bond donors (Lipinski definition) is 1. The first kappa shape index (κ1) is 32.9. The van der Waals surface area contributed by atoms with Crippen molar-refractivity contribution < 1.29 is 0 Å². The molecule has 2 nitrogen and oxygen atoms in total. The maximum absolute atomic E-state index is 4.11. The smallest absolute Gasteiger partial charge is 0.197 e. The Kier molecular flexibility index (Phi) is 6.86. The maximum atomic E-state index is 4.11. The average Bonchev–Trinajstić information content (AvgIpc) is 3.96. The summed E-state index contributed by atoms with van der Waals surface area (Å²) < 4.78 is 7.80. The molecule has 9 aromatic carbocycles. The van der Waals surface area contributed by atoms with Crippen molar-refractivity contribution in [2.75, 3.05) is 5.32 Å². The Morgan fingerprint density at radius 3 is 1.92 bits per heavy atom. The van der Waals surface area contributed by atoms with Gasteiger partial charge < -0.3 is 9.88 Å². The van der Waals surface area contributed by atoms with Crippen LogP contribution in [0, 0.1) is 0 Å². The van der Waals surface area contributed by atoms with Crippen LogP contribution in [0.5, 0.6) is 0 Å². The summed E-state index contributed by atoms with van der Waals surface area (Å²) in [7, 11) is 2.48. The lowest BCUT2D eigenvalue weighted by Crippen LogP contribution is -2.37. The number of rotatable bonds is 3. The molecule has 0 bridgehead atoms. The normalized spacial score (nSPS) is 13.1. The van der Waals surface area contributed by atoms with Gasteiger partial charge in [0.05, 0.1) is 15.9 Å². The average molecular weight is 820 g/mol. The van der Waals surface area contributed by atoms with Gasteiger partial charge >= 0.3 is 0 Å². The molecule has 59 heavy (non-hydrogen) atoms. The van der Waals surface area contributed by atoms with Crippen molar-refractivity contribution in [2.45, 2.75) is 19.6 Å². The van der Waals surface area contributed by atoms with E-state index < -0.39 is 0 Å². The van der Waals surface area contributed by atoms with Gasteiger partial charge in [-0.3, -0.25) is 0 Å². The first-order chi connectivity index (χ1) is 29.2. The molecule has 1 radical (unpaired) electrons. The lowest BCUT2D eigenvalue weighted by molar-refractivity contribution is 1.16. The van der Waals surface area contributed by atoms with Crippen LogP contribution in [0.1, 0.15) is 0 Å². The molecule has 7 heteroatoms. The maximum Gasteiger partial charge on any atom is 0.197 e. The molecular weight excluding hydrogens is 792 g/mol. The fourth-order valence-corrected chi connectivity index (χ4v) is 14.4. The molecule has 5 heterocycles. The van der Waals surface area contributed by atoms with Crippen molar-refractivity contribution >= 4 is 149 Å². The second-order valence-electron chi connectivity index (χ2n) is 15.5. The Bertz CT molecular complexity index is 3820. The van der Waals surface area contributed by atoms with Crippen molar-refractivity contribution in [3.63, 3.8) is 0 Å². The van der Waals surface area contributed by atoms with Gasteiger partial charge in [-0.2, -0.15) is 0 Å². The van der Waals surface area contributed by atoms with Crippen LogP contribution in [-0.2, 0) is 0 Å². The quantitative estimate of drug-likeness (QED) is 0.179. The molecule has 0 saturated carbocycles. The fourth-order valence-electron chi connectivity index (χ4n) is 9.70. The molecule has 0 amide bonds. The van der Waals surface area contributed by atoms with Crippen LogP contribution in [0.15, 0.2) is 183 Å². The molecule has 0 atom stereocenters. The topological polar surface area (TPSA) is 17.0 Å². The first-order valence-corrected chi connectivity index (χ1v) is 23.1. The van der Waals surface area contributed by atoms with Gasteiger partial charge in [0.2, 0.25) is 0 Å². The Morgan fingerprint density at radius 2 is 1.08 bits per heavy atom. The summed E-state index contributed by atoms with van der Waals surface area (Å²) in [6.45, 7) is 0. The highest BCUT2D eigenvalue weighted by Gasteiger charge is 2.31. The number of hydrogen-bond acceptors (Lipinski definition) is 5.